The molecule has 2 heterocycles. The Hall–Kier alpha value is -2.39. The number of halogens is 3. The first-order valence-electron chi connectivity index (χ1n) is 9.36. The van der Waals surface area contributed by atoms with Gasteiger partial charge in [0.25, 0.3) is 0 Å². The van der Waals surface area contributed by atoms with E-state index in [1.807, 2.05) is 4.90 Å². The molecule has 1 aromatic rings. The quantitative estimate of drug-likeness (QED) is 0.693. The van der Waals surface area contributed by atoms with Crippen LogP contribution in [0, 0.1) is 0 Å². The van der Waals surface area contributed by atoms with E-state index in [4.69, 9.17) is 4.74 Å². The standard InChI is InChI=1S/C20H24F3N3O3/c1-3-18(27)26-10-16(25-8-7-24(2)19(28)12-25)17(11-26)29-13-14-5-4-6-15(9-14)20(21,22)23/h3-6,9,16-17H,1,7-8,10-13H2,2H3/t16-,17-/m1/s1. The van der Waals surface area contributed by atoms with Crippen molar-refractivity contribution in [1.82, 2.24) is 14.7 Å². The predicted octanol–water partition coefficient (Wildman–Crippen LogP) is 1.76. The van der Waals surface area contributed by atoms with Gasteiger partial charge >= 0.3 is 6.18 Å². The lowest BCUT2D eigenvalue weighted by atomic mass is 10.1. The Kier molecular flexibility index (Phi) is 6.28. The molecular formula is C20H24F3N3O3. The average Bonchev–Trinajstić information content (AvgIpc) is 3.11. The number of alkyl halides is 3. The maximum Gasteiger partial charge on any atom is 0.416 e. The third kappa shape index (κ3) is 4.97. The second-order valence-corrected chi connectivity index (χ2v) is 7.35. The smallest absolute Gasteiger partial charge is 0.370 e. The van der Waals surface area contributed by atoms with Gasteiger partial charge in [0.15, 0.2) is 0 Å². The van der Waals surface area contributed by atoms with E-state index in [1.54, 1.807) is 22.9 Å². The summed E-state index contributed by atoms with van der Waals surface area (Å²) in [5.74, 6) is -0.248. The Labute approximate surface area is 167 Å². The zero-order valence-corrected chi connectivity index (χ0v) is 16.2. The number of likely N-dealkylation sites (tertiary alicyclic amines) is 1. The minimum atomic E-state index is -4.42. The van der Waals surface area contributed by atoms with Crippen molar-refractivity contribution in [2.24, 2.45) is 0 Å². The Morgan fingerprint density at radius 3 is 2.72 bits per heavy atom. The molecule has 0 N–H and O–H groups in total. The van der Waals surface area contributed by atoms with Gasteiger partial charge in [0.2, 0.25) is 11.8 Å². The Morgan fingerprint density at radius 1 is 1.31 bits per heavy atom. The van der Waals surface area contributed by atoms with Crippen LogP contribution in [0.15, 0.2) is 36.9 Å². The van der Waals surface area contributed by atoms with E-state index < -0.39 is 17.8 Å². The molecule has 2 amide bonds. The van der Waals surface area contributed by atoms with Gasteiger partial charge in [-0.05, 0) is 23.8 Å². The molecule has 2 atom stereocenters. The summed E-state index contributed by atoms with van der Waals surface area (Å²) in [6, 6.07) is 4.80. The first-order valence-corrected chi connectivity index (χ1v) is 9.36. The summed E-state index contributed by atoms with van der Waals surface area (Å²) in [7, 11) is 1.74. The molecule has 1 aromatic carbocycles. The van der Waals surface area contributed by atoms with E-state index in [1.165, 1.54) is 12.1 Å². The third-order valence-corrected chi connectivity index (χ3v) is 5.40. The molecule has 2 aliphatic heterocycles. The number of piperazine rings is 1. The molecule has 2 saturated heterocycles. The van der Waals surface area contributed by atoms with Crippen molar-refractivity contribution >= 4 is 11.8 Å². The van der Waals surface area contributed by atoms with Gasteiger partial charge in [-0.2, -0.15) is 13.2 Å². The van der Waals surface area contributed by atoms with Gasteiger partial charge in [0.1, 0.15) is 0 Å². The monoisotopic (exact) mass is 411 g/mol. The molecule has 0 saturated carbocycles. The van der Waals surface area contributed by atoms with E-state index in [2.05, 4.69) is 6.58 Å². The zero-order chi connectivity index (χ0) is 21.2. The van der Waals surface area contributed by atoms with Gasteiger partial charge in [-0.25, -0.2) is 0 Å². The summed E-state index contributed by atoms with van der Waals surface area (Å²) in [6.07, 6.45) is -3.61. The summed E-state index contributed by atoms with van der Waals surface area (Å²) in [6.45, 7) is 5.62. The molecule has 6 nitrogen and oxygen atoms in total. The molecule has 0 radical (unpaired) electrons. The van der Waals surface area contributed by atoms with Gasteiger partial charge < -0.3 is 14.5 Å². The molecule has 0 unspecified atom stereocenters. The normalized spacial score (nSPS) is 23.5. The molecule has 0 aromatic heterocycles. The first-order chi connectivity index (χ1) is 13.7. The topological polar surface area (TPSA) is 53.1 Å². The molecule has 2 aliphatic rings. The molecule has 158 valence electrons. The van der Waals surface area contributed by atoms with Crippen LogP contribution >= 0.6 is 0 Å². The molecule has 3 rings (SSSR count). The van der Waals surface area contributed by atoms with Gasteiger partial charge in [-0.1, -0.05) is 18.7 Å². The van der Waals surface area contributed by atoms with Crippen LogP contribution in [0.3, 0.4) is 0 Å². The molecule has 9 heteroatoms. The number of ether oxygens (including phenoxy) is 1. The molecule has 29 heavy (non-hydrogen) atoms. The van der Waals surface area contributed by atoms with E-state index in [-0.39, 0.29) is 31.0 Å². The van der Waals surface area contributed by atoms with Crippen molar-refractivity contribution in [2.75, 3.05) is 39.8 Å². The maximum absolute atomic E-state index is 12.9. The lowest BCUT2D eigenvalue weighted by Crippen LogP contribution is -2.55. The molecule has 0 spiro atoms. The lowest BCUT2D eigenvalue weighted by molar-refractivity contribution is -0.137. The summed E-state index contributed by atoms with van der Waals surface area (Å²) < 4.78 is 44.7. The van der Waals surface area contributed by atoms with Gasteiger partial charge in [0, 0.05) is 33.2 Å². The fourth-order valence-corrected chi connectivity index (χ4v) is 3.68. The minimum absolute atomic E-state index is 0.0110. The van der Waals surface area contributed by atoms with Crippen LogP contribution in [0.25, 0.3) is 0 Å². The number of amides is 2. The Balaban J connectivity index is 1.71. The van der Waals surface area contributed by atoms with Crippen LogP contribution in [0.5, 0.6) is 0 Å². The van der Waals surface area contributed by atoms with Crippen molar-refractivity contribution in [3.8, 4) is 0 Å². The predicted molar refractivity (Wildman–Crippen MR) is 99.8 cm³/mol. The third-order valence-electron chi connectivity index (χ3n) is 5.40. The number of hydrogen-bond donors (Lipinski definition) is 0. The second-order valence-electron chi connectivity index (χ2n) is 7.35. The summed E-state index contributed by atoms with van der Waals surface area (Å²) in [5, 5.41) is 0. The molecule has 2 fully saturated rings. The number of benzene rings is 1. The first kappa shape index (κ1) is 21.3. The number of carbonyl (C=O) groups is 2. The number of hydrogen-bond acceptors (Lipinski definition) is 4. The highest BCUT2D eigenvalue weighted by Crippen LogP contribution is 2.30. The summed E-state index contributed by atoms with van der Waals surface area (Å²) in [4.78, 5) is 29.4. The van der Waals surface area contributed by atoms with E-state index in [0.717, 1.165) is 12.1 Å². The Morgan fingerprint density at radius 2 is 2.07 bits per heavy atom. The minimum Gasteiger partial charge on any atom is -0.370 e. The fourth-order valence-electron chi connectivity index (χ4n) is 3.68. The fraction of sp³-hybridized carbons (Fsp3) is 0.500. The van der Waals surface area contributed by atoms with Gasteiger partial charge in [0.05, 0.1) is 30.9 Å². The van der Waals surface area contributed by atoms with Gasteiger partial charge in [-0.3, -0.25) is 14.5 Å². The average molecular weight is 411 g/mol. The lowest BCUT2D eigenvalue weighted by Gasteiger charge is -2.37. The Bertz CT molecular complexity index is 784. The van der Waals surface area contributed by atoms with Crippen LogP contribution in [-0.2, 0) is 27.1 Å². The van der Waals surface area contributed by atoms with Gasteiger partial charge in [-0.15, -0.1) is 0 Å². The van der Waals surface area contributed by atoms with Crippen LogP contribution in [-0.4, -0.2) is 78.4 Å². The number of likely N-dealkylation sites (N-methyl/N-ethyl adjacent to an activating group) is 1. The van der Waals surface area contributed by atoms with E-state index >= 15 is 0 Å². The summed E-state index contributed by atoms with van der Waals surface area (Å²) in [5.41, 5.74) is -0.323. The molecular weight excluding hydrogens is 387 g/mol. The number of carbonyl (C=O) groups excluding carboxylic acids is 2. The van der Waals surface area contributed by atoms with Crippen LogP contribution < -0.4 is 0 Å². The molecule has 0 aliphatic carbocycles. The van der Waals surface area contributed by atoms with E-state index in [9.17, 15) is 22.8 Å². The molecule has 0 bridgehead atoms. The van der Waals surface area contributed by atoms with Crippen molar-refractivity contribution in [3.63, 3.8) is 0 Å². The number of rotatable bonds is 5. The van der Waals surface area contributed by atoms with Crippen molar-refractivity contribution in [3.05, 3.63) is 48.0 Å². The second kappa shape index (κ2) is 8.54. The van der Waals surface area contributed by atoms with Crippen LogP contribution in [0.4, 0.5) is 13.2 Å². The number of nitrogens with zero attached hydrogens (tertiary/aromatic N) is 3. The zero-order valence-electron chi connectivity index (χ0n) is 16.2. The highest BCUT2D eigenvalue weighted by molar-refractivity contribution is 5.87. The van der Waals surface area contributed by atoms with Crippen molar-refractivity contribution < 1.29 is 27.5 Å². The maximum atomic E-state index is 12.9. The SMILES string of the molecule is C=CC(=O)N1C[C@@H](N2CCN(C)C(=O)C2)[C@H](OCc2cccc(C(F)(F)F)c2)C1. The highest BCUT2D eigenvalue weighted by Gasteiger charge is 2.41. The summed E-state index contributed by atoms with van der Waals surface area (Å²) >= 11 is 0. The van der Waals surface area contributed by atoms with E-state index in [0.29, 0.717) is 31.7 Å². The van der Waals surface area contributed by atoms with Crippen LogP contribution in [0.2, 0.25) is 0 Å². The largest absolute Gasteiger partial charge is 0.416 e. The van der Waals surface area contributed by atoms with Crippen LogP contribution in [0.1, 0.15) is 11.1 Å². The van der Waals surface area contributed by atoms with Crippen molar-refractivity contribution in [1.29, 1.82) is 0 Å². The highest BCUT2D eigenvalue weighted by atomic mass is 19.4. The van der Waals surface area contributed by atoms with Crippen molar-refractivity contribution in [2.45, 2.75) is 24.9 Å².